The van der Waals surface area contributed by atoms with E-state index in [9.17, 15) is 5.11 Å². The third kappa shape index (κ3) is 5.86. The maximum absolute atomic E-state index is 10.2. The van der Waals surface area contributed by atoms with Gasteiger partial charge in [0.05, 0.1) is 19.3 Å². The summed E-state index contributed by atoms with van der Waals surface area (Å²) in [5.41, 5.74) is 0.963. The summed E-state index contributed by atoms with van der Waals surface area (Å²) < 4.78 is 5.61. The van der Waals surface area contributed by atoms with Gasteiger partial charge >= 0.3 is 0 Å². The van der Waals surface area contributed by atoms with Gasteiger partial charge in [-0.15, -0.1) is 0 Å². The molecular formula is C17H27ClN2O2. The monoisotopic (exact) mass is 326 g/mol. The fourth-order valence-corrected chi connectivity index (χ4v) is 2.98. The summed E-state index contributed by atoms with van der Waals surface area (Å²) in [7, 11) is 0. The van der Waals surface area contributed by atoms with Crippen LogP contribution in [0.1, 0.15) is 18.9 Å². The summed E-state index contributed by atoms with van der Waals surface area (Å²) in [4.78, 5) is 4.79. The number of aliphatic hydroxyl groups excluding tert-OH is 1. The number of aliphatic hydroxyl groups is 1. The molecule has 1 unspecified atom stereocenters. The number of rotatable bonds is 7. The number of hydrogen-bond acceptors (Lipinski definition) is 4. The van der Waals surface area contributed by atoms with Gasteiger partial charge in [-0.2, -0.15) is 0 Å². The third-order valence-electron chi connectivity index (χ3n) is 4.12. The van der Waals surface area contributed by atoms with Crippen LogP contribution in [0.25, 0.3) is 0 Å². The topological polar surface area (TPSA) is 35.9 Å². The van der Waals surface area contributed by atoms with Crippen molar-refractivity contribution in [3.05, 3.63) is 34.9 Å². The van der Waals surface area contributed by atoms with E-state index in [1.54, 1.807) is 0 Å². The predicted octanol–water partition coefficient (Wildman–Crippen LogP) is 2.25. The molecule has 0 spiro atoms. The molecule has 1 aromatic rings. The van der Waals surface area contributed by atoms with E-state index in [0.717, 1.165) is 38.3 Å². The van der Waals surface area contributed by atoms with Gasteiger partial charge in [-0.1, -0.05) is 36.7 Å². The Bertz CT molecular complexity index is 444. The molecule has 124 valence electrons. The Morgan fingerprint density at radius 1 is 1.18 bits per heavy atom. The van der Waals surface area contributed by atoms with Gasteiger partial charge in [0.25, 0.3) is 0 Å². The number of halogens is 1. The Kier molecular flexibility index (Phi) is 7.63. The van der Waals surface area contributed by atoms with Gasteiger partial charge in [0.1, 0.15) is 0 Å². The average molecular weight is 327 g/mol. The van der Waals surface area contributed by atoms with Crippen molar-refractivity contribution >= 4 is 11.6 Å². The molecule has 1 fully saturated rings. The van der Waals surface area contributed by atoms with Crippen molar-refractivity contribution < 1.29 is 9.84 Å². The molecule has 1 N–H and O–H groups in total. The van der Waals surface area contributed by atoms with Crippen LogP contribution in [0.5, 0.6) is 0 Å². The lowest BCUT2D eigenvalue weighted by Crippen LogP contribution is -2.37. The Morgan fingerprint density at radius 3 is 2.68 bits per heavy atom. The molecule has 1 saturated heterocycles. The summed E-state index contributed by atoms with van der Waals surface area (Å²) in [5.74, 6) is 0. The van der Waals surface area contributed by atoms with Crippen LogP contribution in [0.15, 0.2) is 24.3 Å². The van der Waals surface area contributed by atoms with E-state index in [1.165, 1.54) is 6.42 Å². The summed E-state index contributed by atoms with van der Waals surface area (Å²) in [6, 6.07) is 7.65. The van der Waals surface area contributed by atoms with Crippen molar-refractivity contribution in [3.63, 3.8) is 0 Å². The summed E-state index contributed by atoms with van der Waals surface area (Å²) in [6.07, 6.45) is 0.719. The molecule has 0 aromatic heterocycles. The third-order valence-corrected chi connectivity index (χ3v) is 4.49. The number of likely N-dealkylation sites (N-methyl/N-ethyl adjacent to an activating group) is 1. The zero-order chi connectivity index (χ0) is 15.8. The van der Waals surface area contributed by atoms with Crippen LogP contribution >= 0.6 is 11.6 Å². The van der Waals surface area contributed by atoms with Crippen molar-refractivity contribution in [1.29, 1.82) is 0 Å². The SMILES string of the molecule is CCN1CCCN(CC(O)COCc2ccccc2Cl)CC1. The quantitative estimate of drug-likeness (QED) is 0.833. The second kappa shape index (κ2) is 9.48. The minimum absolute atomic E-state index is 0.346. The van der Waals surface area contributed by atoms with Crippen molar-refractivity contribution in [2.75, 3.05) is 45.9 Å². The fraction of sp³-hybridized carbons (Fsp3) is 0.647. The van der Waals surface area contributed by atoms with Crippen molar-refractivity contribution in [2.45, 2.75) is 26.1 Å². The highest BCUT2D eigenvalue weighted by Crippen LogP contribution is 2.15. The smallest absolute Gasteiger partial charge is 0.0900 e. The van der Waals surface area contributed by atoms with Crippen molar-refractivity contribution in [2.24, 2.45) is 0 Å². The summed E-state index contributed by atoms with van der Waals surface area (Å²) >= 11 is 6.09. The zero-order valence-electron chi connectivity index (χ0n) is 13.4. The number of benzene rings is 1. The lowest BCUT2D eigenvalue weighted by molar-refractivity contribution is 0.0105. The lowest BCUT2D eigenvalue weighted by Gasteiger charge is -2.23. The van der Waals surface area contributed by atoms with Gasteiger partial charge in [0.2, 0.25) is 0 Å². The molecule has 1 aromatic carbocycles. The molecule has 1 aliphatic rings. The van der Waals surface area contributed by atoms with E-state index in [0.29, 0.717) is 24.8 Å². The van der Waals surface area contributed by atoms with Gasteiger partial charge in [-0.25, -0.2) is 0 Å². The van der Waals surface area contributed by atoms with Crippen LogP contribution in [-0.4, -0.2) is 66.9 Å². The molecule has 2 rings (SSSR count). The number of nitrogens with zero attached hydrogens (tertiary/aromatic N) is 2. The molecule has 1 atom stereocenters. The zero-order valence-corrected chi connectivity index (χ0v) is 14.1. The van der Waals surface area contributed by atoms with Crippen LogP contribution in [-0.2, 0) is 11.3 Å². The Balaban J connectivity index is 1.67. The van der Waals surface area contributed by atoms with Gasteiger partial charge in [-0.3, -0.25) is 4.90 Å². The molecule has 22 heavy (non-hydrogen) atoms. The summed E-state index contributed by atoms with van der Waals surface area (Å²) in [5, 5.41) is 10.9. The molecule has 0 bridgehead atoms. The molecule has 5 heteroatoms. The van der Waals surface area contributed by atoms with Crippen molar-refractivity contribution in [3.8, 4) is 0 Å². The van der Waals surface area contributed by atoms with Crippen LogP contribution < -0.4 is 0 Å². The fourth-order valence-electron chi connectivity index (χ4n) is 2.79. The van der Waals surface area contributed by atoms with Crippen LogP contribution in [0, 0.1) is 0 Å². The normalized spacial score (nSPS) is 19.0. The van der Waals surface area contributed by atoms with Gasteiger partial charge in [0.15, 0.2) is 0 Å². The second-order valence-corrected chi connectivity index (χ2v) is 6.26. The number of β-amino-alcohol motifs (C(OH)–C–C–N with tert-alkyl or cyclic N) is 1. The molecular weight excluding hydrogens is 300 g/mol. The predicted molar refractivity (Wildman–Crippen MR) is 90.3 cm³/mol. The highest BCUT2D eigenvalue weighted by Gasteiger charge is 2.16. The van der Waals surface area contributed by atoms with Crippen LogP contribution in [0.4, 0.5) is 0 Å². The Labute approximate surface area is 138 Å². The Morgan fingerprint density at radius 2 is 1.91 bits per heavy atom. The maximum atomic E-state index is 10.2. The highest BCUT2D eigenvalue weighted by atomic mass is 35.5. The van der Waals surface area contributed by atoms with Gasteiger partial charge < -0.3 is 14.7 Å². The molecule has 1 heterocycles. The first-order valence-corrected chi connectivity index (χ1v) is 8.50. The molecule has 1 aliphatic heterocycles. The lowest BCUT2D eigenvalue weighted by atomic mass is 10.2. The number of ether oxygens (including phenoxy) is 1. The van der Waals surface area contributed by atoms with E-state index in [4.69, 9.17) is 16.3 Å². The molecule has 0 aliphatic carbocycles. The molecule has 0 radical (unpaired) electrons. The van der Waals surface area contributed by atoms with Crippen LogP contribution in [0.3, 0.4) is 0 Å². The standard InChI is InChI=1S/C17H27ClN2O2/c1-2-19-8-5-9-20(11-10-19)12-16(21)14-22-13-15-6-3-4-7-17(15)18/h3-4,6-7,16,21H,2,5,8-14H2,1H3. The Hall–Kier alpha value is -0.650. The number of hydrogen-bond donors (Lipinski definition) is 1. The molecule has 0 saturated carbocycles. The minimum atomic E-state index is -0.448. The first-order valence-electron chi connectivity index (χ1n) is 8.13. The average Bonchev–Trinajstić information content (AvgIpc) is 2.74. The van der Waals surface area contributed by atoms with Crippen LogP contribution in [0.2, 0.25) is 5.02 Å². The van der Waals surface area contributed by atoms with E-state index in [2.05, 4.69) is 16.7 Å². The summed E-state index contributed by atoms with van der Waals surface area (Å²) in [6.45, 7) is 9.10. The first kappa shape index (κ1) is 17.7. The maximum Gasteiger partial charge on any atom is 0.0900 e. The van der Waals surface area contributed by atoms with Gasteiger partial charge in [0, 0.05) is 24.7 Å². The van der Waals surface area contributed by atoms with Crippen molar-refractivity contribution in [1.82, 2.24) is 9.80 Å². The largest absolute Gasteiger partial charge is 0.389 e. The van der Waals surface area contributed by atoms with E-state index in [1.807, 2.05) is 24.3 Å². The first-order chi connectivity index (χ1) is 10.7. The highest BCUT2D eigenvalue weighted by molar-refractivity contribution is 6.31. The molecule has 4 nitrogen and oxygen atoms in total. The molecule has 0 amide bonds. The van der Waals surface area contributed by atoms with E-state index < -0.39 is 6.10 Å². The van der Waals surface area contributed by atoms with E-state index in [-0.39, 0.29) is 0 Å². The second-order valence-electron chi connectivity index (χ2n) is 5.85. The van der Waals surface area contributed by atoms with Gasteiger partial charge in [-0.05, 0) is 37.7 Å². The minimum Gasteiger partial charge on any atom is -0.389 e. The van der Waals surface area contributed by atoms with E-state index >= 15 is 0 Å².